The summed E-state index contributed by atoms with van der Waals surface area (Å²) >= 11 is 0. The summed E-state index contributed by atoms with van der Waals surface area (Å²) < 4.78 is 5.24. The second-order valence-corrected chi connectivity index (χ2v) is 1.96. The van der Waals surface area contributed by atoms with Crippen LogP contribution in [-0.4, -0.2) is 13.8 Å². The first kappa shape index (κ1) is 11.0. The van der Waals surface area contributed by atoms with E-state index in [9.17, 15) is 0 Å². The van der Waals surface area contributed by atoms with Crippen molar-refractivity contribution in [3.63, 3.8) is 0 Å². The van der Waals surface area contributed by atoms with Crippen molar-refractivity contribution in [2.75, 3.05) is 13.8 Å². The van der Waals surface area contributed by atoms with Crippen molar-refractivity contribution in [2.24, 2.45) is 0 Å². The van der Waals surface area contributed by atoms with E-state index in [1.807, 2.05) is 51.2 Å². The number of hydrogen-bond donors (Lipinski definition) is 1. The fraction of sp³-hybridized carbons (Fsp3) is 0.400. The Balaban J connectivity index is 0.000000561. The second-order valence-electron chi connectivity index (χ2n) is 1.96. The van der Waals surface area contributed by atoms with Crippen LogP contribution in [0.5, 0.6) is 5.75 Å². The molecule has 0 radical (unpaired) electrons. The van der Waals surface area contributed by atoms with Gasteiger partial charge in [0.2, 0.25) is 0 Å². The third-order valence-electron chi connectivity index (χ3n) is 1.13. The molecule has 2 heteroatoms. The van der Waals surface area contributed by atoms with Gasteiger partial charge in [0.15, 0.2) is 0 Å². The SMILES string of the molecule is CC.CNCOc1ccccc1. The molecule has 1 N–H and O–H groups in total. The minimum absolute atomic E-state index is 0.560. The number of benzene rings is 1. The maximum atomic E-state index is 5.24. The number of hydrogen-bond acceptors (Lipinski definition) is 2. The molecule has 0 spiro atoms. The fourth-order valence-corrected chi connectivity index (χ4v) is 0.672. The monoisotopic (exact) mass is 167 g/mol. The maximum Gasteiger partial charge on any atom is 0.139 e. The first-order chi connectivity index (χ1) is 5.93. The molecular weight excluding hydrogens is 150 g/mol. The summed E-state index contributed by atoms with van der Waals surface area (Å²) in [4.78, 5) is 0. The molecule has 0 aliphatic rings. The van der Waals surface area contributed by atoms with Crippen LogP contribution in [0.15, 0.2) is 30.3 Å². The molecule has 2 nitrogen and oxygen atoms in total. The number of nitrogens with one attached hydrogen (secondary N) is 1. The molecule has 0 bridgehead atoms. The Morgan fingerprint density at radius 3 is 2.25 bits per heavy atom. The summed E-state index contributed by atoms with van der Waals surface area (Å²) in [6.45, 7) is 4.56. The van der Waals surface area contributed by atoms with Gasteiger partial charge in [-0.3, -0.25) is 5.32 Å². The average molecular weight is 167 g/mol. The lowest BCUT2D eigenvalue weighted by molar-refractivity contribution is 0.296. The van der Waals surface area contributed by atoms with E-state index in [1.165, 1.54) is 0 Å². The zero-order chi connectivity index (χ0) is 9.23. The molecule has 0 saturated heterocycles. The average Bonchev–Trinajstić information content (AvgIpc) is 2.19. The van der Waals surface area contributed by atoms with Crippen molar-refractivity contribution in [2.45, 2.75) is 13.8 Å². The first-order valence-corrected chi connectivity index (χ1v) is 4.26. The van der Waals surface area contributed by atoms with Gasteiger partial charge in [-0.15, -0.1) is 0 Å². The normalized spacial score (nSPS) is 8.25. The topological polar surface area (TPSA) is 21.3 Å². The number of para-hydroxylation sites is 1. The molecule has 0 saturated carbocycles. The Morgan fingerprint density at radius 2 is 1.75 bits per heavy atom. The van der Waals surface area contributed by atoms with Crippen molar-refractivity contribution in [1.82, 2.24) is 5.32 Å². The highest BCUT2D eigenvalue weighted by Gasteiger charge is 1.85. The Bertz CT molecular complexity index is 174. The van der Waals surface area contributed by atoms with Crippen LogP contribution in [0.1, 0.15) is 13.8 Å². The number of rotatable bonds is 3. The molecule has 0 atom stereocenters. The van der Waals surface area contributed by atoms with Gasteiger partial charge in [-0.05, 0) is 19.2 Å². The third kappa shape index (κ3) is 4.74. The third-order valence-corrected chi connectivity index (χ3v) is 1.13. The summed E-state index contributed by atoms with van der Waals surface area (Å²) in [7, 11) is 1.85. The van der Waals surface area contributed by atoms with Crippen LogP contribution in [0.2, 0.25) is 0 Å². The van der Waals surface area contributed by atoms with Gasteiger partial charge in [0.25, 0.3) is 0 Å². The second kappa shape index (κ2) is 8.08. The van der Waals surface area contributed by atoms with Crippen LogP contribution >= 0.6 is 0 Å². The van der Waals surface area contributed by atoms with Crippen LogP contribution in [0, 0.1) is 0 Å². The van der Waals surface area contributed by atoms with Crippen LogP contribution in [0.25, 0.3) is 0 Å². The first-order valence-electron chi connectivity index (χ1n) is 4.26. The van der Waals surface area contributed by atoms with Crippen molar-refractivity contribution in [1.29, 1.82) is 0 Å². The van der Waals surface area contributed by atoms with Crippen molar-refractivity contribution < 1.29 is 4.74 Å². The molecule has 0 unspecified atom stereocenters. The number of ether oxygens (including phenoxy) is 1. The van der Waals surface area contributed by atoms with E-state index in [0.29, 0.717) is 6.73 Å². The zero-order valence-corrected chi connectivity index (χ0v) is 8.00. The Labute approximate surface area is 74.6 Å². The summed E-state index contributed by atoms with van der Waals surface area (Å²) in [6.07, 6.45) is 0. The lowest BCUT2D eigenvalue weighted by Crippen LogP contribution is -2.13. The van der Waals surface area contributed by atoms with Gasteiger partial charge in [-0.1, -0.05) is 32.0 Å². The molecule has 68 valence electrons. The molecule has 1 aromatic rings. The molecule has 0 aliphatic heterocycles. The van der Waals surface area contributed by atoms with Gasteiger partial charge in [0.1, 0.15) is 12.5 Å². The smallest absolute Gasteiger partial charge is 0.139 e. The minimum atomic E-state index is 0.560. The minimum Gasteiger partial charge on any atom is -0.478 e. The van der Waals surface area contributed by atoms with E-state index in [-0.39, 0.29) is 0 Å². The van der Waals surface area contributed by atoms with Crippen molar-refractivity contribution in [3.8, 4) is 5.75 Å². The van der Waals surface area contributed by atoms with Crippen molar-refractivity contribution in [3.05, 3.63) is 30.3 Å². The standard InChI is InChI=1S/C8H11NO.C2H6/c1-9-7-10-8-5-3-2-4-6-8;1-2/h2-6,9H,7H2,1H3;1-2H3. The fourth-order valence-electron chi connectivity index (χ4n) is 0.672. The molecule has 0 aliphatic carbocycles. The predicted molar refractivity (Wildman–Crippen MR) is 52.3 cm³/mol. The highest BCUT2D eigenvalue weighted by molar-refractivity contribution is 5.20. The largest absolute Gasteiger partial charge is 0.478 e. The summed E-state index contributed by atoms with van der Waals surface area (Å²) in [5.74, 6) is 0.900. The Hall–Kier alpha value is -1.02. The van der Waals surface area contributed by atoms with Gasteiger partial charge in [-0.2, -0.15) is 0 Å². The van der Waals surface area contributed by atoms with E-state index in [1.54, 1.807) is 0 Å². The molecule has 0 aromatic heterocycles. The summed E-state index contributed by atoms with van der Waals surface area (Å²) in [5.41, 5.74) is 0. The zero-order valence-electron chi connectivity index (χ0n) is 8.00. The molecule has 1 aromatic carbocycles. The van der Waals surface area contributed by atoms with Gasteiger partial charge in [0, 0.05) is 0 Å². The molecule has 12 heavy (non-hydrogen) atoms. The Morgan fingerprint density at radius 1 is 1.17 bits per heavy atom. The van der Waals surface area contributed by atoms with Gasteiger partial charge >= 0.3 is 0 Å². The molecule has 0 fully saturated rings. The maximum absolute atomic E-state index is 5.24. The molecule has 1 rings (SSSR count). The van der Waals surface area contributed by atoms with Crippen LogP contribution < -0.4 is 10.1 Å². The van der Waals surface area contributed by atoms with E-state index < -0.39 is 0 Å². The van der Waals surface area contributed by atoms with Crippen LogP contribution in [0.3, 0.4) is 0 Å². The van der Waals surface area contributed by atoms with Gasteiger partial charge in [-0.25, -0.2) is 0 Å². The Kier molecular flexibility index (Phi) is 7.39. The van der Waals surface area contributed by atoms with E-state index >= 15 is 0 Å². The molecular formula is C10H17NO. The van der Waals surface area contributed by atoms with E-state index in [2.05, 4.69) is 5.32 Å². The van der Waals surface area contributed by atoms with Crippen LogP contribution in [-0.2, 0) is 0 Å². The highest BCUT2D eigenvalue weighted by atomic mass is 16.5. The van der Waals surface area contributed by atoms with Crippen molar-refractivity contribution >= 4 is 0 Å². The van der Waals surface area contributed by atoms with Crippen LogP contribution in [0.4, 0.5) is 0 Å². The highest BCUT2D eigenvalue weighted by Crippen LogP contribution is 2.06. The van der Waals surface area contributed by atoms with E-state index in [0.717, 1.165) is 5.75 Å². The lowest BCUT2D eigenvalue weighted by Gasteiger charge is -2.02. The quantitative estimate of drug-likeness (QED) is 0.697. The predicted octanol–water partition coefficient (Wildman–Crippen LogP) is 2.27. The molecule has 0 amide bonds. The lowest BCUT2D eigenvalue weighted by atomic mass is 10.3. The van der Waals surface area contributed by atoms with Gasteiger partial charge in [0.05, 0.1) is 0 Å². The van der Waals surface area contributed by atoms with Gasteiger partial charge < -0.3 is 4.74 Å². The summed E-state index contributed by atoms with van der Waals surface area (Å²) in [5, 5.41) is 2.89. The molecule has 0 heterocycles. The summed E-state index contributed by atoms with van der Waals surface area (Å²) in [6, 6.07) is 9.72. The van der Waals surface area contributed by atoms with E-state index in [4.69, 9.17) is 4.74 Å².